The second kappa shape index (κ2) is 7.48. The number of hydrogen-bond acceptors (Lipinski definition) is 2. The van der Waals surface area contributed by atoms with Crippen LogP contribution >= 0.6 is 11.6 Å². The minimum Gasteiger partial charge on any atom is -0.262 e. The number of nitrogens with zero attached hydrogens (tertiary/aromatic N) is 1. The number of anilines is 1. The van der Waals surface area contributed by atoms with E-state index in [-0.39, 0.29) is 11.4 Å². The Hall–Kier alpha value is -2.37. The molecule has 0 atom stereocenters. The third kappa shape index (κ3) is 4.06. The highest BCUT2D eigenvalue weighted by Gasteiger charge is 2.25. The van der Waals surface area contributed by atoms with Crippen LogP contribution in [-0.4, -0.2) is 8.42 Å². The van der Waals surface area contributed by atoms with E-state index in [1.807, 2.05) is 31.2 Å². The first kappa shape index (κ1) is 18.4. The number of sulfonamides is 1. The molecule has 0 saturated carbocycles. The molecular weight excluding hydrogens is 373 g/mol. The lowest BCUT2D eigenvalue weighted by molar-refractivity contribution is 0.589. The summed E-state index contributed by atoms with van der Waals surface area (Å²) >= 11 is 6.06. The van der Waals surface area contributed by atoms with Gasteiger partial charge in [0, 0.05) is 5.02 Å². The molecule has 6 heteroatoms. The van der Waals surface area contributed by atoms with Gasteiger partial charge in [-0.15, -0.1) is 0 Å². The fourth-order valence-corrected chi connectivity index (χ4v) is 4.17. The Morgan fingerprint density at radius 2 is 1.62 bits per heavy atom. The molecule has 3 rings (SSSR count). The van der Waals surface area contributed by atoms with Crippen LogP contribution in [0.15, 0.2) is 77.7 Å². The lowest BCUT2D eigenvalue weighted by Gasteiger charge is -2.25. The number of aryl methyl sites for hydroxylation is 1. The topological polar surface area (TPSA) is 37.4 Å². The summed E-state index contributed by atoms with van der Waals surface area (Å²) in [7, 11) is -3.89. The van der Waals surface area contributed by atoms with E-state index in [9.17, 15) is 12.8 Å². The monoisotopic (exact) mass is 389 g/mol. The minimum atomic E-state index is -3.89. The highest BCUT2D eigenvalue weighted by Crippen LogP contribution is 2.28. The maximum Gasteiger partial charge on any atom is 0.264 e. The first-order valence-electron chi connectivity index (χ1n) is 7.96. The van der Waals surface area contributed by atoms with Crippen molar-refractivity contribution in [2.75, 3.05) is 4.31 Å². The van der Waals surface area contributed by atoms with Crippen molar-refractivity contribution in [3.05, 3.63) is 94.8 Å². The fraction of sp³-hybridized carbons (Fsp3) is 0.100. The molecule has 3 aromatic rings. The molecule has 0 aromatic heterocycles. The SMILES string of the molecule is Cc1ccc(CN(c2cccc(Cl)c2)S(=O)(=O)c2ccc(F)cc2)cc1. The molecule has 0 amide bonds. The lowest BCUT2D eigenvalue weighted by Crippen LogP contribution is -2.30. The van der Waals surface area contributed by atoms with E-state index in [1.165, 1.54) is 16.4 Å². The van der Waals surface area contributed by atoms with Crippen molar-refractivity contribution in [2.24, 2.45) is 0 Å². The van der Waals surface area contributed by atoms with Gasteiger partial charge in [-0.3, -0.25) is 4.31 Å². The van der Waals surface area contributed by atoms with E-state index in [1.54, 1.807) is 24.3 Å². The maximum atomic E-state index is 13.2. The van der Waals surface area contributed by atoms with Gasteiger partial charge in [0.1, 0.15) is 5.82 Å². The molecule has 3 nitrogen and oxygen atoms in total. The Morgan fingerprint density at radius 3 is 2.23 bits per heavy atom. The Kier molecular flexibility index (Phi) is 5.30. The molecule has 0 unspecified atom stereocenters. The van der Waals surface area contributed by atoms with Gasteiger partial charge in [0.15, 0.2) is 0 Å². The smallest absolute Gasteiger partial charge is 0.262 e. The van der Waals surface area contributed by atoms with Crippen molar-refractivity contribution < 1.29 is 12.8 Å². The molecule has 0 radical (unpaired) electrons. The summed E-state index contributed by atoms with van der Waals surface area (Å²) in [6.07, 6.45) is 0. The van der Waals surface area contributed by atoms with Gasteiger partial charge < -0.3 is 0 Å². The first-order chi connectivity index (χ1) is 12.4. The molecule has 26 heavy (non-hydrogen) atoms. The molecular formula is C20H17ClFNO2S. The summed E-state index contributed by atoms with van der Waals surface area (Å²) < 4.78 is 40.9. The number of rotatable bonds is 5. The van der Waals surface area contributed by atoms with E-state index < -0.39 is 15.8 Å². The van der Waals surface area contributed by atoms with Crippen molar-refractivity contribution in [1.29, 1.82) is 0 Å². The van der Waals surface area contributed by atoms with Gasteiger partial charge >= 0.3 is 0 Å². The van der Waals surface area contributed by atoms with Crippen LogP contribution in [0.25, 0.3) is 0 Å². The van der Waals surface area contributed by atoms with E-state index in [4.69, 9.17) is 11.6 Å². The third-order valence-corrected chi connectivity index (χ3v) is 5.97. The Bertz CT molecular complexity index is 1000. The third-order valence-electron chi connectivity index (χ3n) is 3.94. The maximum absolute atomic E-state index is 13.2. The highest BCUT2D eigenvalue weighted by atomic mass is 35.5. The van der Waals surface area contributed by atoms with Crippen LogP contribution in [0.3, 0.4) is 0 Å². The van der Waals surface area contributed by atoms with Gasteiger partial charge in [0.05, 0.1) is 17.1 Å². The van der Waals surface area contributed by atoms with Crippen molar-refractivity contribution in [3.63, 3.8) is 0 Å². The standard InChI is InChI=1S/C20H17ClFNO2S/c1-15-5-7-16(8-6-15)14-23(19-4-2-3-17(21)13-19)26(24,25)20-11-9-18(22)10-12-20/h2-13H,14H2,1H3. The fourth-order valence-electron chi connectivity index (χ4n) is 2.54. The van der Waals surface area contributed by atoms with Crippen molar-refractivity contribution >= 4 is 27.3 Å². The van der Waals surface area contributed by atoms with Crippen LogP contribution in [0.5, 0.6) is 0 Å². The van der Waals surface area contributed by atoms with Gasteiger partial charge in [-0.2, -0.15) is 0 Å². The molecule has 0 aliphatic heterocycles. The summed E-state index contributed by atoms with van der Waals surface area (Å²) in [6, 6.07) is 19.1. The summed E-state index contributed by atoms with van der Waals surface area (Å²) in [5.74, 6) is -0.489. The molecule has 0 saturated heterocycles. The Labute approximate surface area is 157 Å². The highest BCUT2D eigenvalue weighted by molar-refractivity contribution is 7.92. The van der Waals surface area contributed by atoms with Crippen LogP contribution in [0.2, 0.25) is 5.02 Å². The van der Waals surface area contributed by atoms with Crippen molar-refractivity contribution in [2.45, 2.75) is 18.4 Å². The van der Waals surface area contributed by atoms with Crippen molar-refractivity contribution in [3.8, 4) is 0 Å². The second-order valence-corrected chi connectivity index (χ2v) is 8.23. The summed E-state index contributed by atoms with van der Waals surface area (Å²) in [5, 5.41) is 0.436. The quantitative estimate of drug-likeness (QED) is 0.602. The zero-order chi connectivity index (χ0) is 18.7. The van der Waals surface area contributed by atoms with E-state index in [0.29, 0.717) is 10.7 Å². The van der Waals surface area contributed by atoms with Crippen LogP contribution in [0.4, 0.5) is 10.1 Å². The van der Waals surface area contributed by atoms with Gasteiger partial charge in [-0.25, -0.2) is 12.8 Å². The van der Waals surface area contributed by atoms with Gasteiger partial charge in [0.25, 0.3) is 10.0 Å². The number of hydrogen-bond donors (Lipinski definition) is 0. The first-order valence-corrected chi connectivity index (χ1v) is 9.77. The Balaban J connectivity index is 2.07. The van der Waals surface area contributed by atoms with Crippen LogP contribution in [-0.2, 0) is 16.6 Å². The molecule has 3 aromatic carbocycles. The average Bonchev–Trinajstić information content (AvgIpc) is 2.61. The molecule has 134 valence electrons. The van der Waals surface area contributed by atoms with E-state index in [0.717, 1.165) is 23.3 Å². The predicted octanol–water partition coefficient (Wildman–Crippen LogP) is 5.18. The summed E-state index contributed by atoms with van der Waals surface area (Å²) in [6.45, 7) is 2.11. The zero-order valence-corrected chi connectivity index (χ0v) is 15.6. The second-order valence-electron chi connectivity index (χ2n) is 5.93. The van der Waals surface area contributed by atoms with Crippen LogP contribution in [0, 0.1) is 12.7 Å². The normalized spacial score (nSPS) is 11.3. The van der Waals surface area contributed by atoms with Gasteiger partial charge in [0.2, 0.25) is 0 Å². The molecule has 0 spiro atoms. The van der Waals surface area contributed by atoms with E-state index in [2.05, 4.69) is 0 Å². The summed E-state index contributed by atoms with van der Waals surface area (Å²) in [4.78, 5) is 0.0194. The number of benzene rings is 3. The van der Waals surface area contributed by atoms with Crippen LogP contribution < -0.4 is 4.31 Å². The zero-order valence-electron chi connectivity index (χ0n) is 14.1. The molecule has 0 aliphatic carbocycles. The molecule has 0 N–H and O–H groups in total. The lowest BCUT2D eigenvalue weighted by atomic mass is 10.1. The Morgan fingerprint density at radius 1 is 0.962 bits per heavy atom. The van der Waals surface area contributed by atoms with Gasteiger partial charge in [-0.1, -0.05) is 47.5 Å². The summed E-state index contributed by atoms with van der Waals surface area (Å²) in [5.41, 5.74) is 2.37. The van der Waals surface area contributed by atoms with E-state index >= 15 is 0 Å². The molecule has 0 aliphatic rings. The average molecular weight is 390 g/mol. The largest absolute Gasteiger partial charge is 0.264 e. The van der Waals surface area contributed by atoms with Crippen molar-refractivity contribution in [1.82, 2.24) is 0 Å². The molecule has 0 bridgehead atoms. The van der Waals surface area contributed by atoms with Crippen LogP contribution in [0.1, 0.15) is 11.1 Å². The predicted molar refractivity (Wildman–Crippen MR) is 102 cm³/mol. The molecule has 0 fully saturated rings. The number of halogens is 2. The molecule has 0 heterocycles. The van der Waals surface area contributed by atoms with Gasteiger partial charge in [-0.05, 0) is 55.0 Å². The minimum absolute atomic E-state index is 0.0194.